The van der Waals surface area contributed by atoms with Crippen LogP contribution < -0.4 is 0 Å². The maximum Gasteiger partial charge on any atom is 0.0930 e. The first-order chi connectivity index (χ1) is 46.2. The van der Waals surface area contributed by atoms with Gasteiger partial charge in [0.2, 0.25) is 0 Å². The minimum absolute atomic E-state index is 0.476. The molecule has 462 valence electrons. The molecule has 0 bridgehead atoms. The van der Waals surface area contributed by atoms with Gasteiger partial charge in [0.1, 0.15) is 0 Å². The second-order valence-corrected chi connectivity index (χ2v) is 30.1. The summed E-state index contributed by atoms with van der Waals surface area (Å²) in [5.74, 6) is 0. The number of fused-ring (bicyclic) bond motifs is 18. The van der Waals surface area contributed by atoms with Gasteiger partial charge in [-0.2, -0.15) is 0 Å². The van der Waals surface area contributed by atoms with Crippen molar-refractivity contribution in [2.75, 3.05) is 0 Å². The van der Waals surface area contributed by atoms with Crippen LogP contribution in [0.3, 0.4) is 0 Å². The summed E-state index contributed by atoms with van der Waals surface area (Å²) in [6.07, 6.45) is 23.8. The van der Waals surface area contributed by atoms with E-state index in [9.17, 15) is 0 Å². The molecule has 0 unspecified atom stereocenters. The first kappa shape index (κ1) is 56.6. The Morgan fingerprint density at radius 3 is 0.458 bits per heavy atom. The molecule has 19 rings (SSSR count). The highest BCUT2D eigenvalue weighted by Crippen LogP contribution is 2.62. The molecular weight excluding hydrogens is 1180 g/mol. The molecule has 12 heterocycles. The zero-order chi connectivity index (χ0) is 65.5. The van der Waals surface area contributed by atoms with E-state index in [2.05, 4.69) is 193 Å². The Labute approximate surface area is 557 Å². The number of nitrogens with zero attached hydrogens (tertiary/aromatic N) is 12. The van der Waals surface area contributed by atoms with Crippen molar-refractivity contribution in [3.63, 3.8) is 0 Å². The van der Waals surface area contributed by atoms with Gasteiger partial charge in [0, 0.05) is 174 Å². The van der Waals surface area contributed by atoms with Crippen LogP contribution in [-0.2, 0) is 32.5 Å². The number of hydrogen-bond acceptors (Lipinski definition) is 12. The molecule has 0 saturated heterocycles. The lowest BCUT2D eigenvalue weighted by Gasteiger charge is -2.31. The molecule has 12 nitrogen and oxygen atoms in total. The van der Waals surface area contributed by atoms with Gasteiger partial charge in [-0.1, -0.05) is 119 Å². The summed E-state index contributed by atoms with van der Waals surface area (Å²) in [6.45, 7) is 27.6. The highest BCUT2D eigenvalue weighted by atomic mass is 14.9. The van der Waals surface area contributed by atoms with E-state index in [0.29, 0.717) is 0 Å². The maximum absolute atomic E-state index is 5.63. The number of pyridine rings is 12. The van der Waals surface area contributed by atoms with Crippen LogP contribution in [0.5, 0.6) is 0 Å². The lowest BCUT2D eigenvalue weighted by atomic mass is 9.72. The quantitative estimate of drug-likeness (QED) is 0.156. The van der Waals surface area contributed by atoms with Crippen LogP contribution in [0.1, 0.15) is 150 Å². The van der Waals surface area contributed by atoms with Crippen molar-refractivity contribution in [3.05, 3.63) is 250 Å². The van der Waals surface area contributed by atoms with E-state index in [4.69, 9.17) is 59.8 Å². The molecule has 96 heavy (non-hydrogen) atoms. The summed E-state index contributed by atoms with van der Waals surface area (Å²) < 4.78 is 0. The summed E-state index contributed by atoms with van der Waals surface area (Å²) in [7, 11) is 0. The predicted octanol–water partition coefficient (Wildman–Crippen LogP) is 18.3. The van der Waals surface area contributed by atoms with Gasteiger partial charge >= 0.3 is 0 Å². The van der Waals surface area contributed by atoms with Crippen LogP contribution in [0.25, 0.3) is 135 Å². The fraction of sp³-hybridized carbons (Fsp3) is 0.214. The van der Waals surface area contributed by atoms with Gasteiger partial charge < -0.3 is 0 Å². The Hall–Kier alpha value is -11.0. The van der Waals surface area contributed by atoms with Gasteiger partial charge in [-0.05, 0) is 140 Å². The van der Waals surface area contributed by atoms with E-state index in [0.717, 1.165) is 202 Å². The minimum atomic E-state index is -0.476. The maximum atomic E-state index is 5.63. The summed E-state index contributed by atoms with van der Waals surface area (Å²) in [4.78, 5) is 64.1. The van der Waals surface area contributed by atoms with Crippen molar-refractivity contribution >= 4 is 0 Å². The average molecular weight is 1240 g/mol. The monoisotopic (exact) mass is 1240 g/mol. The molecular formula is C84H66N12. The van der Waals surface area contributed by atoms with Crippen molar-refractivity contribution in [3.8, 4) is 135 Å². The summed E-state index contributed by atoms with van der Waals surface area (Å²) >= 11 is 0. The Morgan fingerprint density at radius 1 is 0.177 bits per heavy atom. The molecule has 6 aliphatic carbocycles. The molecule has 0 atom stereocenters. The minimum Gasteiger partial charge on any atom is -0.254 e. The molecule has 0 fully saturated rings. The number of hydrogen-bond donors (Lipinski definition) is 0. The van der Waals surface area contributed by atoms with Gasteiger partial charge in [0.25, 0.3) is 0 Å². The molecule has 0 saturated carbocycles. The highest BCUT2D eigenvalue weighted by molar-refractivity contribution is 6.16. The van der Waals surface area contributed by atoms with E-state index in [1.807, 2.05) is 73.6 Å². The molecule has 12 heteroatoms. The summed E-state index contributed by atoms with van der Waals surface area (Å²) in [5.41, 5.74) is 32.2. The topological polar surface area (TPSA) is 155 Å². The van der Waals surface area contributed by atoms with E-state index in [1.54, 1.807) is 0 Å². The lowest BCUT2D eigenvalue weighted by Crippen LogP contribution is -2.17. The first-order valence-corrected chi connectivity index (χ1v) is 33.2. The normalized spacial score (nSPS) is 16.6. The summed E-state index contributed by atoms with van der Waals surface area (Å²) in [5, 5.41) is 0. The first-order valence-electron chi connectivity index (χ1n) is 33.2. The molecule has 0 spiro atoms. The molecule has 6 aliphatic rings. The Morgan fingerprint density at radius 2 is 0.312 bits per heavy atom. The fourth-order valence-electron chi connectivity index (χ4n) is 17.5. The zero-order valence-corrected chi connectivity index (χ0v) is 55.7. The number of rotatable bonds is 6. The smallest absolute Gasteiger partial charge is 0.0930 e. The van der Waals surface area contributed by atoms with Crippen LogP contribution in [-0.4, -0.2) is 59.8 Å². The van der Waals surface area contributed by atoms with Gasteiger partial charge in [-0.25, -0.2) is 0 Å². The lowest BCUT2D eigenvalue weighted by molar-refractivity contribution is 0.657. The summed E-state index contributed by atoms with van der Waals surface area (Å²) in [6, 6.07) is 39.9. The Kier molecular flexibility index (Phi) is 11.1. The second kappa shape index (κ2) is 18.9. The third-order valence-corrected chi connectivity index (χ3v) is 22.8. The molecule has 12 aromatic heterocycles. The van der Waals surface area contributed by atoms with Crippen molar-refractivity contribution in [1.29, 1.82) is 0 Å². The zero-order valence-electron chi connectivity index (χ0n) is 55.7. The van der Waals surface area contributed by atoms with Gasteiger partial charge in [-0.15, -0.1) is 0 Å². The van der Waals surface area contributed by atoms with Crippen molar-refractivity contribution < 1.29 is 0 Å². The van der Waals surface area contributed by atoms with Crippen LogP contribution in [0.15, 0.2) is 184 Å². The fourth-order valence-corrected chi connectivity index (χ4v) is 17.5. The van der Waals surface area contributed by atoms with Gasteiger partial charge in [0.05, 0.1) is 68.3 Å². The van der Waals surface area contributed by atoms with Crippen LogP contribution in [0.2, 0.25) is 0 Å². The van der Waals surface area contributed by atoms with E-state index >= 15 is 0 Å². The Bertz CT molecular complexity index is 4770. The van der Waals surface area contributed by atoms with E-state index in [-0.39, 0.29) is 0 Å². The highest BCUT2D eigenvalue weighted by Gasteiger charge is 2.46. The van der Waals surface area contributed by atoms with Crippen LogP contribution >= 0.6 is 0 Å². The predicted molar refractivity (Wildman–Crippen MR) is 378 cm³/mol. The van der Waals surface area contributed by atoms with E-state index < -0.39 is 32.5 Å². The third kappa shape index (κ3) is 7.28. The van der Waals surface area contributed by atoms with Gasteiger partial charge in [-0.3, -0.25) is 59.8 Å². The number of aromatic nitrogens is 12. The van der Waals surface area contributed by atoms with Crippen molar-refractivity contribution in [2.24, 2.45) is 0 Å². The van der Waals surface area contributed by atoms with Crippen LogP contribution in [0, 0.1) is 0 Å². The Balaban J connectivity index is 1.05. The molecule has 0 N–H and O–H groups in total. The van der Waals surface area contributed by atoms with Crippen LogP contribution in [0.4, 0.5) is 0 Å². The molecule has 0 radical (unpaired) electrons. The van der Waals surface area contributed by atoms with Crippen molar-refractivity contribution in [1.82, 2.24) is 59.8 Å². The number of benzene rings is 1. The average Bonchev–Trinajstić information content (AvgIpc) is 1.23. The van der Waals surface area contributed by atoms with Crippen molar-refractivity contribution in [2.45, 2.75) is 116 Å². The van der Waals surface area contributed by atoms with E-state index in [1.165, 1.54) is 0 Å². The SMILES string of the molecule is CC1(C)c2cccnc2-c2ncc(-c3c(-c4cnc5c(c4)C(C)(C)c4cccnc4-5)c(-c4cnc5c(c4)C(C)(C)c4cccnc4-5)c(-c4cnc5c(c4)C(C)(C)c4cccnc4-5)c(-c4cnc5c(c4)C(C)(C)c4cccnc4-5)c3-c3cnc4c(c3)C(C)(C)c3cccnc3-4)cc21. The second-order valence-electron chi connectivity index (χ2n) is 30.1. The largest absolute Gasteiger partial charge is 0.254 e. The third-order valence-electron chi connectivity index (χ3n) is 22.8. The standard InChI is InChI=1S/C84H66N12/c1-79(2)49-19-13-25-85-67(49)73-55(79)31-43(37-91-73)61-62(44-32-56-74(92-38-44)68-50(80(56,3)4)20-14-26-86-68)64(46-34-58-76(94-40-46)70-52(82(58,7)8)22-16-28-88-70)66(48-36-60-78(96-42-48)72-54(84(60,11)12)24-18-30-90-72)65(47-35-59-77(95-41-47)71-53(83(59,9)10)23-17-29-89-71)63(61)45-33-57-75(93-39-45)69-51(81(57,5)6)21-15-27-87-69/h13-42H,1-12H3. The van der Waals surface area contributed by atoms with Gasteiger partial charge in [0.15, 0.2) is 0 Å². The molecule has 0 aliphatic heterocycles. The molecule has 13 aromatic rings. The molecule has 0 amide bonds. The molecule has 1 aromatic carbocycles.